The minimum atomic E-state index is -0.398. The van der Waals surface area contributed by atoms with Gasteiger partial charge in [-0.25, -0.2) is 0 Å². The van der Waals surface area contributed by atoms with Gasteiger partial charge in [-0.1, -0.05) is 24.3 Å². The van der Waals surface area contributed by atoms with Crippen molar-refractivity contribution in [3.05, 3.63) is 65.2 Å². The summed E-state index contributed by atoms with van der Waals surface area (Å²) in [6.07, 6.45) is 0. The molecule has 2 rings (SSSR count). The number of benzene rings is 2. The summed E-state index contributed by atoms with van der Waals surface area (Å²) in [4.78, 5) is 13.3. The van der Waals surface area contributed by atoms with Crippen molar-refractivity contribution in [3.8, 4) is 0 Å². The number of carbonyl (C=O) groups is 1. The molecule has 4 heteroatoms. The van der Waals surface area contributed by atoms with Gasteiger partial charge in [0.25, 0.3) is 0 Å². The van der Waals surface area contributed by atoms with E-state index in [9.17, 15) is 4.79 Å². The molecule has 0 atom stereocenters. The molecule has 0 unspecified atom stereocenters. The van der Waals surface area contributed by atoms with Crippen molar-refractivity contribution in [2.45, 2.75) is 13.1 Å². The van der Waals surface area contributed by atoms with Gasteiger partial charge in [-0.2, -0.15) is 0 Å². The van der Waals surface area contributed by atoms with Crippen LogP contribution in [-0.2, 0) is 13.1 Å². The molecule has 3 N–H and O–H groups in total. The van der Waals surface area contributed by atoms with Crippen molar-refractivity contribution in [3.63, 3.8) is 0 Å². The van der Waals surface area contributed by atoms with E-state index in [0.29, 0.717) is 12.1 Å². The van der Waals surface area contributed by atoms with Crippen LogP contribution in [0.4, 0.5) is 5.69 Å². The Labute approximate surface area is 125 Å². The Hall–Kier alpha value is -2.33. The molecule has 0 aliphatic rings. The van der Waals surface area contributed by atoms with Gasteiger partial charge in [-0.05, 0) is 49.5 Å². The van der Waals surface area contributed by atoms with Gasteiger partial charge in [0.2, 0.25) is 5.91 Å². The van der Waals surface area contributed by atoms with Crippen LogP contribution in [0.25, 0.3) is 0 Å². The quantitative estimate of drug-likeness (QED) is 0.856. The Kier molecular flexibility index (Phi) is 4.95. The van der Waals surface area contributed by atoms with Crippen molar-refractivity contribution in [2.24, 2.45) is 5.73 Å². The minimum Gasteiger partial charge on any atom is -0.381 e. The number of anilines is 1. The molecule has 1 amide bonds. The van der Waals surface area contributed by atoms with Crippen LogP contribution in [0.3, 0.4) is 0 Å². The largest absolute Gasteiger partial charge is 0.381 e. The fourth-order valence-electron chi connectivity index (χ4n) is 2.13. The third-order valence-electron chi connectivity index (χ3n) is 3.16. The van der Waals surface area contributed by atoms with E-state index in [4.69, 9.17) is 5.73 Å². The maximum Gasteiger partial charge on any atom is 0.248 e. The van der Waals surface area contributed by atoms with Crippen LogP contribution in [0.15, 0.2) is 48.5 Å². The van der Waals surface area contributed by atoms with Gasteiger partial charge in [-0.3, -0.25) is 4.79 Å². The summed E-state index contributed by atoms with van der Waals surface area (Å²) in [7, 11) is 4.11. The zero-order valence-electron chi connectivity index (χ0n) is 12.5. The lowest BCUT2D eigenvalue weighted by Crippen LogP contribution is -2.11. The van der Waals surface area contributed by atoms with Crippen LogP contribution in [0, 0.1) is 0 Å². The molecular weight excluding hydrogens is 262 g/mol. The van der Waals surface area contributed by atoms with E-state index in [1.54, 1.807) is 6.07 Å². The zero-order valence-corrected chi connectivity index (χ0v) is 12.5. The van der Waals surface area contributed by atoms with Crippen LogP contribution < -0.4 is 11.1 Å². The number of hydrogen-bond acceptors (Lipinski definition) is 3. The van der Waals surface area contributed by atoms with E-state index < -0.39 is 5.91 Å². The maximum absolute atomic E-state index is 11.2. The summed E-state index contributed by atoms with van der Waals surface area (Å²) in [5.41, 5.74) is 9.19. The monoisotopic (exact) mass is 283 g/mol. The first-order valence-corrected chi connectivity index (χ1v) is 6.91. The average Bonchev–Trinajstić information content (AvgIpc) is 2.46. The first-order valence-electron chi connectivity index (χ1n) is 6.91. The molecule has 0 heterocycles. The van der Waals surface area contributed by atoms with Crippen LogP contribution in [0.5, 0.6) is 0 Å². The van der Waals surface area contributed by atoms with Crippen molar-refractivity contribution in [1.29, 1.82) is 0 Å². The normalized spacial score (nSPS) is 10.6. The van der Waals surface area contributed by atoms with Gasteiger partial charge in [0.15, 0.2) is 0 Å². The van der Waals surface area contributed by atoms with Gasteiger partial charge in [0.05, 0.1) is 0 Å². The van der Waals surface area contributed by atoms with Gasteiger partial charge in [-0.15, -0.1) is 0 Å². The van der Waals surface area contributed by atoms with Crippen molar-refractivity contribution in [2.75, 3.05) is 19.4 Å². The molecule has 21 heavy (non-hydrogen) atoms. The van der Waals surface area contributed by atoms with Crippen molar-refractivity contribution < 1.29 is 4.79 Å². The molecule has 0 bridgehead atoms. The maximum atomic E-state index is 11.2. The predicted octanol–water partition coefficient (Wildman–Crippen LogP) is 2.46. The molecule has 110 valence electrons. The summed E-state index contributed by atoms with van der Waals surface area (Å²) in [6.45, 7) is 1.59. The smallest absolute Gasteiger partial charge is 0.248 e. The molecule has 0 fully saturated rings. The SMILES string of the molecule is CN(C)Cc1ccc(NCc2cccc(C(N)=O)c2)cc1. The molecule has 0 saturated heterocycles. The fourth-order valence-corrected chi connectivity index (χ4v) is 2.13. The van der Waals surface area contributed by atoms with Gasteiger partial charge in [0.1, 0.15) is 0 Å². The zero-order chi connectivity index (χ0) is 15.2. The van der Waals surface area contributed by atoms with Crippen LogP contribution >= 0.6 is 0 Å². The molecule has 0 aliphatic carbocycles. The molecule has 0 aromatic heterocycles. The van der Waals surface area contributed by atoms with E-state index in [-0.39, 0.29) is 0 Å². The fraction of sp³-hybridized carbons (Fsp3) is 0.235. The molecule has 2 aromatic rings. The Morgan fingerprint density at radius 2 is 1.81 bits per heavy atom. The number of amides is 1. The predicted molar refractivity (Wildman–Crippen MR) is 86.1 cm³/mol. The summed E-state index contributed by atoms with van der Waals surface area (Å²) < 4.78 is 0. The number of carbonyl (C=O) groups excluding carboxylic acids is 1. The van der Waals surface area contributed by atoms with Crippen molar-refractivity contribution >= 4 is 11.6 Å². The lowest BCUT2D eigenvalue weighted by atomic mass is 10.1. The summed E-state index contributed by atoms with van der Waals surface area (Å²) in [5, 5.41) is 3.34. The Balaban J connectivity index is 1.96. The number of nitrogens with zero attached hydrogens (tertiary/aromatic N) is 1. The highest BCUT2D eigenvalue weighted by Crippen LogP contribution is 2.13. The van der Waals surface area contributed by atoms with Gasteiger partial charge < -0.3 is 16.0 Å². The highest BCUT2D eigenvalue weighted by molar-refractivity contribution is 5.92. The Morgan fingerprint density at radius 1 is 1.10 bits per heavy atom. The van der Waals surface area contributed by atoms with Gasteiger partial charge >= 0.3 is 0 Å². The van der Waals surface area contributed by atoms with Crippen LogP contribution in [-0.4, -0.2) is 24.9 Å². The number of nitrogens with one attached hydrogen (secondary N) is 1. The third kappa shape index (κ3) is 4.61. The first kappa shape index (κ1) is 15.1. The second kappa shape index (κ2) is 6.90. The highest BCUT2D eigenvalue weighted by atomic mass is 16.1. The van der Waals surface area contributed by atoms with E-state index >= 15 is 0 Å². The molecular formula is C17H21N3O. The average molecular weight is 283 g/mol. The van der Waals surface area contributed by atoms with E-state index in [1.165, 1.54) is 5.56 Å². The Bertz CT molecular complexity index is 606. The highest BCUT2D eigenvalue weighted by Gasteiger charge is 2.01. The minimum absolute atomic E-state index is 0.398. The lowest BCUT2D eigenvalue weighted by molar-refractivity contribution is 0.1000. The van der Waals surface area contributed by atoms with E-state index in [1.807, 2.05) is 18.2 Å². The Morgan fingerprint density at radius 3 is 2.43 bits per heavy atom. The van der Waals surface area contributed by atoms with Crippen LogP contribution in [0.2, 0.25) is 0 Å². The number of nitrogens with two attached hydrogens (primary N) is 1. The van der Waals surface area contributed by atoms with E-state index in [2.05, 4.69) is 48.6 Å². The first-order chi connectivity index (χ1) is 10.0. The molecule has 0 spiro atoms. The summed E-state index contributed by atoms with van der Waals surface area (Å²) in [6, 6.07) is 15.7. The number of hydrogen-bond donors (Lipinski definition) is 2. The topological polar surface area (TPSA) is 58.4 Å². The van der Waals surface area contributed by atoms with E-state index in [0.717, 1.165) is 17.8 Å². The molecule has 2 aromatic carbocycles. The van der Waals surface area contributed by atoms with Crippen molar-refractivity contribution in [1.82, 2.24) is 4.90 Å². The standard InChI is InChI=1S/C17H21N3O/c1-20(2)12-13-6-8-16(9-7-13)19-11-14-4-3-5-15(10-14)17(18)21/h3-10,19H,11-12H2,1-2H3,(H2,18,21). The lowest BCUT2D eigenvalue weighted by Gasteiger charge is -2.11. The molecule has 0 radical (unpaired) electrons. The van der Waals surface area contributed by atoms with Crippen LogP contribution in [0.1, 0.15) is 21.5 Å². The summed E-state index contributed by atoms with van der Waals surface area (Å²) >= 11 is 0. The molecule has 0 aliphatic heterocycles. The summed E-state index contributed by atoms with van der Waals surface area (Å²) in [5.74, 6) is -0.398. The van der Waals surface area contributed by atoms with Gasteiger partial charge in [0, 0.05) is 24.3 Å². The molecule has 4 nitrogen and oxygen atoms in total. The molecule has 0 saturated carbocycles. The number of primary amides is 1. The third-order valence-corrected chi connectivity index (χ3v) is 3.16. The number of rotatable bonds is 6. The second-order valence-corrected chi connectivity index (χ2v) is 5.35. The second-order valence-electron chi connectivity index (χ2n) is 5.35.